The van der Waals surface area contributed by atoms with Crippen molar-refractivity contribution in [3.05, 3.63) is 93.1 Å². The van der Waals surface area contributed by atoms with Crippen molar-refractivity contribution in [2.24, 2.45) is 0 Å². The summed E-state index contributed by atoms with van der Waals surface area (Å²) in [4.78, 5) is 44.1. The third-order valence-corrected chi connectivity index (χ3v) is 7.48. The van der Waals surface area contributed by atoms with E-state index in [1.807, 2.05) is 30.3 Å². The molecule has 0 spiro atoms. The molecule has 1 aliphatic heterocycles. The van der Waals surface area contributed by atoms with Gasteiger partial charge in [-0.25, -0.2) is 13.8 Å². The second-order valence-corrected chi connectivity index (χ2v) is 9.89. The van der Waals surface area contributed by atoms with Crippen LogP contribution in [0.3, 0.4) is 0 Å². The predicted octanol–water partition coefficient (Wildman–Crippen LogP) is 4.48. The summed E-state index contributed by atoms with van der Waals surface area (Å²) in [7, 11) is 0. The largest absolute Gasteiger partial charge is 0.360 e. The third-order valence-electron chi connectivity index (χ3n) is 6.48. The Balaban J connectivity index is 1.18. The van der Waals surface area contributed by atoms with E-state index in [0.29, 0.717) is 49.0 Å². The van der Waals surface area contributed by atoms with E-state index in [-0.39, 0.29) is 17.5 Å². The van der Waals surface area contributed by atoms with E-state index >= 15 is 0 Å². The summed E-state index contributed by atoms with van der Waals surface area (Å²) < 4.78 is 32.2. The lowest BCUT2D eigenvalue weighted by Crippen LogP contribution is -2.42. The van der Waals surface area contributed by atoms with Crippen molar-refractivity contribution in [2.75, 3.05) is 13.1 Å². The molecule has 0 saturated carbocycles. The van der Waals surface area contributed by atoms with Crippen molar-refractivity contribution < 1.29 is 27.7 Å². The van der Waals surface area contributed by atoms with E-state index in [9.17, 15) is 23.2 Å². The molecule has 39 heavy (non-hydrogen) atoms. The number of likely N-dealkylation sites (tertiary alicyclic amines) is 1. The molecule has 1 fully saturated rings. The number of hydrazine groups is 1. The quantitative estimate of drug-likeness (QED) is 0.353. The standard InChI is InChI=1S/C27H23F2N5O4S/c1-15-22(23(33-38-15)16-5-3-2-4-6-16)27(37)34-11-9-17(10-12-34)26-30-21(14-39-26)25(36)32-31-24(35)19-8-7-18(28)13-20(19)29/h2-8,13-14,17H,9-12H2,1H3,(H,31,35)(H,32,36). The number of amides is 3. The third kappa shape index (κ3) is 5.55. The molecule has 2 N–H and O–H groups in total. The Morgan fingerprint density at radius 2 is 1.74 bits per heavy atom. The fourth-order valence-electron chi connectivity index (χ4n) is 4.40. The van der Waals surface area contributed by atoms with Crippen molar-refractivity contribution >= 4 is 29.1 Å². The van der Waals surface area contributed by atoms with Crippen LogP contribution in [0.25, 0.3) is 11.3 Å². The van der Waals surface area contributed by atoms with E-state index < -0.39 is 29.0 Å². The van der Waals surface area contributed by atoms with E-state index in [2.05, 4.69) is 21.0 Å². The molecule has 2 aromatic heterocycles. The molecule has 1 aliphatic rings. The lowest BCUT2D eigenvalue weighted by molar-refractivity contribution is 0.0711. The summed E-state index contributed by atoms with van der Waals surface area (Å²) in [5.41, 5.74) is 5.77. The lowest BCUT2D eigenvalue weighted by atomic mass is 9.96. The number of aromatic nitrogens is 2. The second kappa shape index (κ2) is 11.1. The minimum Gasteiger partial charge on any atom is -0.360 e. The summed E-state index contributed by atoms with van der Waals surface area (Å²) in [6.07, 6.45) is 1.32. The van der Waals surface area contributed by atoms with Gasteiger partial charge in [0.1, 0.15) is 34.3 Å². The smallest absolute Gasteiger partial charge is 0.289 e. The molecule has 3 heterocycles. The Bertz CT molecular complexity index is 1530. The number of nitrogens with one attached hydrogen (secondary N) is 2. The number of carbonyl (C=O) groups is 3. The monoisotopic (exact) mass is 551 g/mol. The van der Waals surface area contributed by atoms with Crippen molar-refractivity contribution in [3.63, 3.8) is 0 Å². The van der Waals surface area contributed by atoms with Crippen LogP contribution in [0.4, 0.5) is 8.78 Å². The van der Waals surface area contributed by atoms with Gasteiger partial charge in [-0.05, 0) is 31.9 Å². The van der Waals surface area contributed by atoms with Crippen LogP contribution in [0.1, 0.15) is 60.7 Å². The highest BCUT2D eigenvalue weighted by Crippen LogP contribution is 2.32. The predicted molar refractivity (Wildman–Crippen MR) is 138 cm³/mol. The Kier molecular flexibility index (Phi) is 7.46. The van der Waals surface area contributed by atoms with Crippen LogP contribution in [0.2, 0.25) is 0 Å². The molecule has 0 unspecified atom stereocenters. The minimum atomic E-state index is -1.04. The van der Waals surface area contributed by atoms with Gasteiger partial charge in [-0.3, -0.25) is 25.2 Å². The number of aryl methyl sites for hydroxylation is 1. The van der Waals surface area contributed by atoms with E-state index in [1.165, 1.54) is 11.3 Å². The van der Waals surface area contributed by atoms with Crippen LogP contribution in [0.15, 0.2) is 58.4 Å². The first-order chi connectivity index (χ1) is 18.8. The number of halogens is 2. The van der Waals surface area contributed by atoms with Crippen LogP contribution >= 0.6 is 11.3 Å². The van der Waals surface area contributed by atoms with Crippen LogP contribution in [0, 0.1) is 18.6 Å². The van der Waals surface area contributed by atoms with Gasteiger partial charge in [-0.2, -0.15) is 0 Å². The molecule has 1 saturated heterocycles. The van der Waals surface area contributed by atoms with Gasteiger partial charge < -0.3 is 9.42 Å². The first-order valence-electron chi connectivity index (χ1n) is 12.1. The number of piperidine rings is 1. The van der Waals surface area contributed by atoms with E-state index in [4.69, 9.17) is 4.52 Å². The number of hydrogen-bond acceptors (Lipinski definition) is 7. The van der Waals surface area contributed by atoms with Crippen molar-refractivity contribution in [2.45, 2.75) is 25.7 Å². The summed E-state index contributed by atoms with van der Waals surface area (Å²) in [5.74, 6) is -3.07. The van der Waals surface area contributed by atoms with Crippen molar-refractivity contribution in [1.82, 2.24) is 25.9 Å². The molecule has 4 aromatic rings. The number of nitrogens with zero attached hydrogens (tertiary/aromatic N) is 3. The molecule has 0 bridgehead atoms. The lowest BCUT2D eigenvalue weighted by Gasteiger charge is -2.31. The molecule has 9 nitrogen and oxygen atoms in total. The summed E-state index contributed by atoms with van der Waals surface area (Å²) in [6, 6.07) is 11.9. The van der Waals surface area contributed by atoms with Gasteiger partial charge in [0.15, 0.2) is 0 Å². The average Bonchev–Trinajstić information content (AvgIpc) is 3.59. The molecule has 3 amide bonds. The van der Waals surface area contributed by atoms with Gasteiger partial charge >= 0.3 is 0 Å². The van der Waals surface area contributed by atoms with Crippen LogP contribution < -0.4 is 10.9 Å². The molecule has 12 heteroatoms. The number of carbonyl (C=O) groups excluding carboxylic acids is 3. The summed E-state index contributed by atoms with van der Waals surface area (Å²) in [5, 5.41) is 6.42. The SMILES string of the molecule is Cc1onc(-c2ccccc2)c1C(=O)N1CCC(c2nc(C(=O)NNC(=O)c3ccc(F)cc3F)cs2)CC1. The average molecular weight is 552 g/mol. The Hall–Kier alpha value is -4.45. The highest BCUT2D eigenvalue weighted by molar-refractivity contribution is 7.09. The fraction of sp³-hybridized carbons (Fsp3) is 0.222. The van der Waals surface area contributed by atoms with Gasteiger partial charge in [-0.1, -0.05) is 35.5 Å². The number of hydrogen-bond donors (Lipinski definition) is 2. The highest BCUT2D eigenvalue weighted by Gasteiger charge is 2.31. The summed E-state index contributed by atoms with van der Waals surface area (Å²) >= 11 is 1.31. The number of benzene rings is 2. The molecule has 0 atom stereocenters. The zero-order valence-electron chi connectivity index (χ0n) is 20.7. The van der Waals surface area contributed by atoms with Crippen LogP contribution in [0.5, 0.6) is 0 Å². The van der Waals surface area contributed by atoms with Gasteiger partial charge in [0.2, 0.25) is 0 Å². The Morgan fingerprint density at radius 1 is 1.03 bits per heavy atom. The fourth-order valence-corrected chi connectivity index (χ4v) is 5.37. The zero-order valence-corrected chi connectivity index (χ0v) is 21.6. The van der Waals surface area contributed by atoms with Gasteiger partial charge in [0.05, 0.1) is 10.6 Å². The maximum atomic E-state index is 13.8. The zero-order chi connectivity index (χ0) is 27.5. The Morgan fingerprint density at radius 3 is 2.46 bits per heavy atom. The molecule has 2 aromatic carbocycles. The molecule has 0 aliphatic carbocycles. The van der Waals surface area contributed by atoms with Crippen molar-refractivity contribution in [3.8, 4) is 11.3 Å². The molecule has 0 radical (unpaired) electrons. The second-order valence-electron chi connectivity index (χ2n) is 9.00. The number of thiazole rings is 1. The first-order valence-corrected chi connectivity index (χ1v) is 13.0. The maximum Gasteiger partial charge on any atom is 0.289 e. The summed E-state index contributed by atoms with van der Waals surface area (Å²) in [6.45, 7) is 2.73. The van der Waals surface area contributed by atoms with Crippen LogP contribution in [-0.4, -0.2) is 45.9 Å². The minimum absolute atomic E-state index is 0.0562. The van der Waals surface area contributed by atoms with Crippen LogP contribution in [-0.2, 0) is 0 Å². The molecule has 200 valence electrons. The molecule has 5 rings (SSSR count). The maximum absolute atomic E-state index is 13.8. The first kappa shape index (κ1) is 26.2. The van der Waals surface area contributed by atoms with Crippen molar-refractivity contribution in [1.29, 1.82) is 0 Å². The van der Waals surface area contributed by atoms with E-state index in [0.717, 1.165) is 22.7 Å². The van der Waals surface area contributed by atoms with Gasteiger partial charge in [-0.15, -0.1) is 11.3 Å². The van der Waals surface area contributed by atoms with E-state index in [1.54, 1.807) is 17.2 Å². The van der Waals surface area contributed by atoms with Gasteiger partial charge in [0.25, 0.3) is 17.7 Å². The molecular formula is C27H23F2N5O4S. The number of rotatable bonds is 5. The van der Waals surface area contributed by atoms with Gasteiger partial charge in [0, 0.05) is 36.0 Å². The highest BCUT2D eigenvalue weighted by atomic mass is 32.1. The normalized spacial score (nSPS) is 13.8. The Labute approximate surface area is 225 Å². The molecular weight excluding hydrogens is 528 g/mol. The topological polar surface area (TPSA) is 117 Å².